The summed E-state index contributed by atoms with van der Waals surface area (Å²) in [6.07, 6.45) is 4.32. The fourth-order valence-electron chi connectivity index (χ4n) is 2.15. The molecule has 0 spiro atoms. The van der Waals surface area contributed by atoms with Crippen molar-refractivity contribution >= 4 is 0 Å². The first kappa shape index (κ1) is 7.56. The number of hydrogen-bond donors (Lipinski definition) is 1. The molecule has 0 bridgehead atoms. The summed E-state index contributed by atoms with van der Waals surface area (Å²) >= 11 is 0. The summed E-state index contributed by atoms with van der Waals surface area (Å²) in [5.74, 6) is 1.84. The van der Waals surface area contributed by atoms with Gasteiger partial charge >= 0.3 is 0 Å². The second-order valence-corrected chi connectivity index (χ2v) is 4.32. The number of nitrogens with zero attached hydrogens (tertiary/aromatic N) is 1. The smallest absolute Gasteiger partial charge is 0.0208 e. The number of nitrogens with two attached hydrogens (primary N) is 1. The Morgan fingerprint density at radius 2 is 2.09 bits per heavy atom. The zero-order valence-electron chi connectivity index (χ0n) is 7.29. The van der Waals surface area contributed by atoms with E-state index in [1.165, 1.54) is 25.8 Å². The van der Waals surface area contributed by atoms with Gasteiger partial charge in [0.2, 0.25) is 0 Å². The molecule has 1 heterocycles. The van der Waals surface area contributed by atoms with E-state index in [0.29, 0.717) is 6.04 Å². The van der Waals surface area contributed by atoms with Crippen molar-refractivity contribution in [1.82, 2.24) is 4.90 Å². The monoisotopic (exact) mass is 154 g/mol. The second kappa shape index (κ2) is 2.76. The molecule has 0 radical (unpaired) electrons. The predicted octanol–water partition coefficient (Wildman–Crippen LogP) is 0.675. The van der Waals surface area contributed by atoms with Crippen LogP contribution in [0.4, 0.5) is 0 Å². The lowest BCUT2D eigenvalue weighted by molar-refractivity contribution is 0.381. The van der Waals surface area contributed by atoms with E-state index >= 15 is 0 Å². The van der Waals surface area contributed by atoms with Crippen LogP contribution in [0.3, 0.4) is 0 Å². The van der Waals surface area contributed by atoms with E-state index in [1.807, 2.05) is 0 Å². The molecule has 0 aromatic heterocycles. The fourth-order valence-corrected chi connectivity index (χ4v) is 2.15. The van der Waals surface area contributed by atoms with Crippen LogP contribution in [0.25, 0.3) is 0 Å². The van der Waals surface area contributed by atoms with Gasteiger partial charge in [-0.1, -0.05) is 12.8 Å². The molecule has 2 rings (SSSR count). The molecule has 1 saturated heterocycles. The lowest BCUT2D eigenvalue weighted by atomic mass is 9.98. The number of rotatable bonds is 2. The standard InChI is InChI=1S/C9H18N2/c1-11-5-8(9(10)6-11)4-7-2-3-7/h7-9H,2-6,10H2,1H3. The first-order valence-corrected chi connectivity index (χ1v) is 4.70. The minimum absolute atomic E-state index is 0.459. The molecule has 1 saturated carbocycles. The normalized spacial score (nSPS) is 39.8. The molecule has 2 N–H and O–H groups in total. The molecule has 2 atom stereocenters. The fraction of sp³-hybridized carbons (Fsp3) is 1.00. The van der Waals surface area contributed by atoms with Crippen molar-refractivity contribution in [3.8, 4) is 0 Å². The van der Waals surface area contributed by atoms with Gasteiger partial charge in [0, 0.05) is 19.1 Å². The van der Waals surface area contributed by atoms with Crippen molar-refractivity contribution in [2.45, 2.75) is 25.3 Å². The van der Waals surface area contributed by atoms with Crippen molar-refractivity contribution in [2.24, 2.45) is 17.6 Å². The summed E-state index contributed by atoms with van der Waals surface area (Å²) in [5, 5.41) is 0. The molecular formula is C9H18N2. The summed E-state index contributed by atoms with van der Waals surface area (Å²) in [6, 6.07) is 0.459. The average molecular weight is 154 g/mol. The topological polar surface area (TPSA) is 29.3 Å². The van der Waals surface area contributed by atoms with Gasteiger partial charge in [-0.3, -0.25) is 0 Å². The van der Waals surface area contributed by atoms with E-state index in [0.717, 1.165) is 18.4 Å². The lowest BCUT2D eigenvalue weighted by Crippen LogP contribution is -2.29. The molecule has 0 aromatic carbocycles. The van der Waals surface area contributed by atoms with E-state index in [-0.39, 0.29) is 0 Å². The molecule has 2 heteroatoms. The Kier molecular flexibility index (Phi) is 1.90. The second-order valence-electron chi connectivity index (χ2n) is 4.32. The van der Waals surface area contributed by atoms with Crippen LogP contribution < -0.4 is 5.73 Å². The van der Waals surface area contributed by atoms with E-state index in [9.17, 15) is 0 Å². The summed E-state index contributed by atoms with van der Waals surface area (Å²) in [6.45, 7) is 2.34. The van der Waals surface area contributed by atoms with E-state index in [4.69, 9.17) is 5.73 Å². The number of likely N-dealkylation sites (N-methyl/N-ethyl adjacent to an activating group) is 1. The first-order valence-electron chi connectivity index (χ1n) is 4.70. The number of hydrogen-bond acceptors (Lipinski definition) is 2. The van der Waals surface area contributed by atoms with Crippen LogP contribution >= 0.6 is 0 Å². The molecule has 2 nitrogen and oxygen atoms in total. The largest absolute Gasteiger partial charge is 0.326 e. The third-order valence-electron chi connectivity index (χ3n) is 3.01. The van der Waals surface area contributed by atoms with Crippen LogP contribution in [0.2, 0.25) is 0 Å². The molecule has 11 heavy (non-hydrogen) atoms. The molecular weight excluding hydrogens is 136 g/mol. The third kappa shape index (κ3) is 1.74. The summed E-state index contributed by atoms with van der Waals surface area (Å²) < 4.78 is 0. The highest BCUT2D eigenvalue weighted by Crippen LogP contribution is 2.37. The Hall–Kier alpha value is -0.0800. The molecule has 1 aliphatic carbocycles. The van der Waals surface area contributed by atoms with Gasteiger partial charge in [-0.15, -0.1) is 0 Å². The molecule has 0 amide bonds. The molecule has 1 aliphatic heterocycles. The molecule has 0 aromatic rings. The van der Waals surface area contributed by atoms with Crippen LogP contribution in [0.15, 0.2) is 0 Å². The number of likely N-dealkylation sites (tertiary alicyclic amines) is 1. The van der Waals surface area contributed by atoms with Crippen molar-refractivity contribution in [3.05, 3.63) is 0 Å². The van der Waals surface area contributed by atoms with Gasteiger partial charge in [0.1, 0.15) is 0 Å². The van der Waals surface area contributed by atoms with Crippen LogP contribution in [0.5, 0.6) is 0 Å². The highest BCUT2D eigenvalue weighted by Gasteiger charge is 2.33. The van der Waals surface area contributed by atoms with Crippen molar-refractivity contribution in [3.63, 3.8) is 0 Å². The van der Waals surface area contributed by atoms with Gasteiger partial charge in [0.15, 0.2) is 0 Å². The first-order chi connectivity index (χ1) is 5.25. The Morgan fingerprint density at radius 1 is 1.36 bits per heavy atom. The quantitative estimate of drug-likeness (QED) is 0.633. The maximum atomic E-state index is 6.00. The van der Waals surface area contributed by atoms with Crippen LogP contribution in [-0.2, 0) is 0 Å². The van der Waals surface area contributed by atoms with E-state index in [2.05, 4.69) is 11.9 Å². The minimum atomic E-state index is 0.459. The van der Waals surface area contributed by atoms with Gasteiger partial charge in [-0.2, -0.15) is 0 Å². The maximum Gasteiger partial charge on any atom is 0.0208 e. The van der Waals surface area contributed by atoms with Crippen LogP contribution in [-0.4, -0.2) is 31.1 Å². The van der Waals surface area contributed by atoms with Crippen LogP contribution in [0, 0.1) is 11.8 Å². The van der Waals surface area contributed by atoms with Crippen molar-refractivity contribution in [1.29, 1.82) is 0 Å². The summed E-state index contributed by atoms with van der Waals surface area (Å²) in [4.78, 5) is 2.36. The zero-order valence-corrected chi connectivity index (χ0v) is 7.29. The highest BCUT2D eigenvalue weighted by atomic mass is 15.1. The van der Waals surface area contributed by atoms with Gasteiger partial charge in [-0.05, 0) is 25.3 Å². The molecule has 2 fully saturated rings. The van der Waals surface area contributed by atoms with Crippen molar-refractivity contribution in [2.75, 3.05) is 20.1 Å². The van der Waals surface area contributed by atoms with Gasteiger partial charge in [-0.25, -0.2) is 0 Å². The van der Waals surface area contributed by atoms with Crippen molar-refractivity contribution < 1.29 is 0 Å². The predicted molar refractivity (Wildman–Crippen MR) is 46.3 cm³/mol. The van der Waals surface area contributed by atoms with Gasteiger partial charge in [0.25, 0.3) is 0 Å². The Balaban J connectivity index is 1.82. The van der Waals surface area contributed by atoms with Gasteiger partial charge < -0.3 is 10.6 Å². The minimum Gasteiger partial charge on any atom is -0.326 e. The molecule has 64 valence electrons. The van der Waals surface area contributed by atoms with Crippen LogP contribution in [0.1, 0.15) is 19.3 Å². The third-order valence-corrected chi connectivity index (χ3v) is 3.01. The average Bonchev–Trinajstić information content (AvgIpc) is 2.64. The SMILES string of the molecule is CN1CC(N)C(CC2CC2)C1. The Labute approximate surface area is 68.7 Å². The summed E-state index contributed by atoms with van der Waals surface area (Å²) in [5.41, 5.74) is 6.00. The Bertz CT molecular complexity index is 142. The zero-order chi connectivity index (χ0) is 7.84. The Morgan fingerprint density at radius 3 is 2.55 bits per heavy atom. The molecule has 2 aliphatic rings. The maximum absolute atomic E-state index is 6.00. The van der Waals surface area contributed by atoms with Gasteiger partial charge in [0.05, 0.1) is 0 Å². The lowest BCUT2D eigenvalue weighted by Gasteiger charge is -2.12. The van der Waals surface area contributed by atoms with E-state index in [1.54, 1.807) is 0 Å². The van der Waals surface area contributed by atoms with E-state index < -0.39 is 0 Å². The summed E-state index contributed by atoms with van der Waals surface area (Å²) in [7, 11) is 2.17. The molecule has 2 unspecified atom stereocenters. The highest BCUT2D eigenvalue weighted by molar-refractivity contribution is 4.89.